The molecule has 0 bridgehead atoms. The molecule has 0 aliphatic carbocycles. The number of carbonyl (C=O) groups is 1. The van der Waals surface area contributed by atoms with E-state index in [-0.39, 0.29) is 11.2 Å². The van der Waals surface area contributed by atoms with E-state index in [1.807, 2.05) is 0 Å². The predicted octanol–water partition coefficient (Wildman–Crippen LogP) is 4.99. The number of halogens is 1. The van der Waals surface area contributed by atoms with E-state index in [1.54, 1.807) is 24.3 Å². The lowest BCUT2D eigenvalue weighted by atomic mass is 9.83. The van der Waals surface area contributed by atoms with Crippen molar-refractivity contribution in [1.82, 2.24) is 0 Å². The van der Waals surface area contributed by atoms with Crippen LogP contribution in [0.5, 0.6) is 0 Å². The summed E-state index contributed by atoms with van der Waals surface area (Å²) < 4.78 is 0. The summed E-state index contributed by atoms with van der Waals surface area (Å²) in [7, 11) is 0. The van der Waals surface area contributed by atoms with Crippen LogP contribution in [0.4, 0.5) is 0 Å². The molecule has 1 atom stereocenters. The molecule has 0 spiro atoms. The summed E-state index contributed by atoms with van der Waals surface area (Å²) in [6.45, 7) is 8.75. The molecule has 0 saturated carbocycles. The zero-order valence-electron chi connectivity index (χ0n) is 11.1. The number of benzene rings is 1. The molecule has 0 aliphatic heterocycles. The highest BCUT2D eigenvalue weighted by Crippen LogP contribution is 2.26. The van der Waals surface area contributed by atoms with Crippen molar-refractivity contribution in [1.29, 1.82) is 0 Å². The topological polar surface area (TPSA) is 17.1 Å². The number of carbonyl (C=O) groups excluding carboxylic acids is 1. The average molecular weight is 253 g/mol. The van der Waals surface area contributed by atoms with Gasteiger partial charge in [-0.05, 0) is 42.0 Å². The van der Waals surface area contributed by atoms with Crippen LogP contribution in [0.25, 0.3) is 0 Å². The molecule has 1 nitrogen and oxygen atoms in total. The quantitative estimate of drug-likeness (QED) is 0.691. The normalized spacial score (nSPS) is 13.5. The summed E-state index contributed by atoms with van der Waals surface area (Å²) in [6, 6.07) is 7.13. The fourth-order valence-electron chi connectivity index (χ4n) is 2.19. The molecule has 0 saturated heterocycles. The van der Waals surface area contributed by atoms with Gasteiger partial charge < -0.3 is 0 Å². The summed E-state index contributed by atoms with van der Waals surface area (Å²) in [4.78, 5) is 12.0. The van der Waals surface area contributed by atoms with Gasteiger partial charge in [0.05, 0.1) is 0 Å². The minimum absolute atomic E-state index is 0.207. The number of hydrogen-bond acceptors (Lipinski definition) is 1. The molecule has 0 amide bonds. The maximum absolute atomic E-state index is 12.0. The van der Waals surface area contributed by atoms with Crippen LogP contribution in [-0.4, -0.2) is 5.78 Å². The maximum Gasteiger partial charge on any atom is 0.163 e. The third-order valence-corrected chi connectivity index (χ3v) is 2.91. The van der Waals surface area contributed by atoms with Crippen LogP contribution in [0.15, 0.2) is 24.3 Å². The Morgan fingerprint density at radius 3 is 2.24 bits per heavy atom. The number of rotatable bonds is 4. The van der Waals surface area contributed by atoms with Crippen LogP contribution in [0.1, 0.15) is 50.9 Å². The number of Topliss-reactive ketones (excluding diaryl/α,β-unsaturated/α-hetero) is 1. The third kappa shape index (κ3) is 5.36. The summed E-state index contributed by atoms with van der Waals surface area (Å²) >= 11 is 5.80. The van der Waals surface area contributed by atoms with Crippen molar-refractivity contribution in [2.45, 2.75) is 40.5 Å². The standard InChI is InChI=1S/C15H21ClO/c1-11(10-15(2,3)4)9-14(17)12-5-7-13(16)8-6-12/h5-8,11H,9-10H2,1-4H3. The minimum Gasteiger partial charge on any atom is -0.294 e. The first-order valence-corrected chi connectivity index (χ1v) is 6.44. The van der Waals surface area contributed by atoms with E-state index >= 15 is 0 Å². The first-order chi connectivity index (χ1) is 7.78. The fourth-order valence-corrected chi connectivity index (χ4v) is 2.31. The van der Waals surface area contributed by atoms with Gasteiger partial charge in [0.25, 0.3) is 0 Å². The first-order valence-electron chi connectivity index (χ1n) is 6.07. The molecule has 0 aliphatic rings. The van der Waals surface area contributed by atoms with Crippen molar-refractivity contribution in [2.75, 3.05) is 0 Å². The summed E-state index contributed by atoms with van der Waals surface area (Å²) in [6.07, 6.45) is 1.67. The van der Waals surface area contributed by atoms with Gasteiger partial charge in [-0.1, -0.05) is 39.3 Å². The lowest BCUT2D eigenvalue weighted by molar-refractivity contribution is 0.0954. The van der Waals surface area contributed by atoms with Gasteiger partial charge in [0.15, 0.2) is 5.78 Å². The molecule has 1 unspecified atom stereocenters. The number of hydrogen-bond donors (Lipinski definition) is 0. The van der Waals surface area contributed by atoms with Crippen molar-refractivity contribution in [3.05, 3.63) is 34.9 Å². The second-order valence-corrected chi connectivity index (χ2v) is 6.44. The second-order valence-electron chi connectivity index (χ2n) is 6.00. The van der Waals surface area contributed by atoms with Gasteiger partial charge in [-0.25, -0.2) is 0 Å². The van der Waals surface area contributed by atoms with Crippen LogP contribution >= 0.6 is 11.6 Å². The Hall–Kier alpha value is -0.820. The molecule has 94 valence electrons. The van der Waals surface area contributed by atoms with Crippen molar-refractivity contribution in [2.24, 2.45) is 11.3 Å². The molecule has 0 fully saturated rings. The van der Waals surface area contributed by atoms with Crippen molar-refractivity contribution in [3.8, 4) is 0 Å². The lowest BCUT2D eigenvalue weighted by Gasteiger charge is -2.22. The molecule has 1 aromatic carbocycles. The lowest BCUT2D eigenvalue weighted by Crippen LogP contribution is -2.14. The molecule has 1 aromatic rings. The Morgan fingerprint density at radius 1 is 1.24 bits per heavy atom. The zero-order valence-corrected chi connectivity index (χ0v) is 11.8. The fraction of sp³-hybridized carbons (Fsp3) is 0.533. The van der Waals surface area contributed by atoms with E-state index in [4.69, 9.17) is 11.6 Å². The predicted molar refractivity (Wildman–Crippen MR) is 73.6 cm³/mol. The zero-order chi connectivity index (χ0) is 13.1. The molecular weight excluding hydrogens is 232 g/mol. The Labute approximate surface area is 109 Å². The average Bonchev–Trinajstić information content (AvgIpc) is 2.15. The SMILES string of the molecule is CC(CC(=O)c1ccc(Cl)cc1)CC(C)(C)C. The summed E-state index contributed by atoms with van der Waals surface area (Å²) in [5.74, 6) is 0.622. The van der Waals surface area contributed by atoms with Gasteiger partial charge >= 0.3 is 0 Å². The Bertz CT molecular complexity index is 373. The highest BCUT2D eigenvalue weighted by molar-refractivity contribution is 6.30. The molecular formula is C15H21ClO. The third-order valence-electron chi connectivity index (χ3n) is 2.66. The van der Waals surface area contributed by atoms with Gasteiger partial charge in [0, 0.05) is 17.0 Å². The van der Waals surface area contributed by atoms with Gasteiger partial charge in [-0.3, -0.25) is 4.79 Å². The van der Waals surface area contributed by atoms with E-state index in [0.29, 0.717) is 17.4 Å². The first kappa shape index (κ1) is 14.2. The van der Waals surface area contributed by atoms with Crippen LogP contribution < -0.4 is 0 Å². The largest absolute Gasteiger partial charge is 0.294 e. The Balaban J connectivity index is 2.57. The summed E-state index contributed by atoms with van der Waals surface area (Å²) in [5.41, 5.74) is 1.04. The second kappa shape index (κ2) is 5.68. The van der Waals surface area contributed by atoms with E-state index < -0.39 is 0 Å². The Kier molecular flexibility index (Phi) is 4.76. The molecule has 0 N–H and O–H groups in total. The molecule has 0 radical (unpaired) electrons. The monoisotopic (exact) mass is 252 g/mol. The highest BCUT2D eigenvalue weighted by atomic mass is 35.5. The molecule has 1 rings (SSSR count). The van der Waals surface area contributed by atoms with Gasteiger partial charge in [0.2, 0.25) is 0 Å². The van der Waals surface area contributed by atoms with E-state index in [0.717, 1.165) is 12.0 Å². The molecule has 0 aromatic heterocycles. The van der Waals surface area contributed by atoms with Crippen LogP contribution in [0.3, 0.4) is 0 Å². The maximum atomic E-state index is 12.0. The van der Waals surface area contributed by atoms with Crippen molar-refractivity contribution < 1.29 is 4.79 Å². The smallest absolute Gasteiger partial charge is 0.163 e. The van der Waals surface area contributed by atoms with Crippen LogP contribution in [0, 0.1) is 11.3 Å². The molecule has 17 heavy (non-hydrogen) atoms. The molecule has 2 heteroatoms. The van der Waals surface area contributed by atoms with Gasteiger partial charge in [-0.2, -0.15) is 0 Å². The van der Waals surface area contributed by atoms with Crippen molar-refractivity contribution >= 4 is 17.4 Å². The van der Waals surface area contributed by atoms with Gasteiger partial charge in [0.1, 0.15) is 0 Å². The van der Waals surface area contributed by atoms with Crippen molar-refractivity contribution in [3.63, 3.8) is 0 Å². The van der Waals surface area contributed by atoms with Crippen LogP contribution in [0.2, 0.25) is 5.02 Å². The highest BCUT2D eigenvalue weighted by Gasteiger charge is 2.18. The van der Waals surface area contributed by atoms with E-state index in [2.05, 4.69) is 27.7 Å². The molecule has 0 heterocycles. The van der Waals surface area contributed by atoms with Crippen LogP contribution in [-0.2, 0) is 0 Å². The number of ketones is 1. The van der Waals surface area contributed by atoms with E-state index in [1.165, 1.54) is 0 Å². The minimum atomic E-state index is 0.207. The Morgan fingerprint density at radius 2 is 1.76 bits per heavy atom. The van der Waals surface area contributed by atoms with Gasteiger partial charge in [-0.15, -0.1) is 0 Å². The summed E-state index contributed by atoms with van der Waals surface area (Å²) in [5, 5.41) is 0.671. The van der Waals surface area contributed by atoms with E-state index in [9.17, 15) is 4.79 Å².